The van der Waals surface area contributed by atoms with Crippen molar-refractivity contribution >= 4 is 39.1 Å². The summed E-state index contributed by atoms with van der Waals surface area (Å²) < 4.78 is 0. The maximum Gasteiger partial charge on any atom is 0.259 e. The first kappa shape index (κ1) is 20.7. The van der Waals surface area contributed by atoms with Crippen molar-refractivity contribution in [1.29, 1.82) is 0 Å². The third kappa shape index (κ3) is 4.01. The number of hydrogen-bond donors (Lipinski definition) is 1. The Kier molecular flexibility index (Phi) is 5.45. The van der Waals surface area contributed by atoms with Gasteiger partial charge in [-0.25, -0.2) is 9.97 Å². The molecule has 3 aromatic heterocycles. The van der Waals surface area contributed by atoms with Crippen LogP contribution in [0.1, 0.15) is 10.4 Å². The summed E-state index contributed by atoms with van der Waals surface area (Å²) in [5, 5.41) is 12.4. The highest BCUT2D eigenvalue weighted by Crippen LogP contribution is 2.30. The third-order valence-electron chi connectivity index (χ3n) is 5.24. The first-order valence-corrected chi connectivity index (χ1v) is 11.1. The molecule has 33 heavy (non-hydrogen) atoms. The summed E-state index contributed by atoms with van der Waals surface area (Å²) in [6.45, 7) is 0. The van der Waals surface area contributed by atoms with Gasteiger partial charge in [0.2, 0.25) is 5.13 Å². The van der Waals surface area contributed by atoms with E-state index in [0.29, 0.717) is 16.5 Å². The molecule has 0 atom stereocenters. The largest absolute Gasteiger partial charge is 0.373 e. The van der Waals surface area contributed by atoms with E-state index in [1.165, 1.54) is 16.2 Å². The number of hydrogen-bond acceptors (Lipinski definition) is 8. The molecule has 1 amide bonds. The van der Waals surface area contributed by atoms with Gasteiger partial charge in [-0.15, -0.1) is 10.2 Å². The fourth-order valence-electron chi connectivity index (χ4n) is 3.55. The minimum Gasteiger partial charge on any atom is -0.373 e. The van der Waals surface area contributed by atoms with Gasteiger partial charge in [0.05, 0.1) is 5.52 Å². The molecule has 3 heterocycles. The molecule has 0 saturated heterocycles. The number of benzene rings is 2. The Balaban J connectivity index is 1.53. The lowest BCUT2D eigenvalue weighted by Crippen LogP contribution is -2.26. The molecule has 5 rings (SSSR count). The van der Waals surface area contributed by atoms with Gasteiger partial charge in [-0.1, -0.05) is 29.5 Å². The zero-order chi connectivity index (χ0) is 22.8. The van der Waals surface area contributed by atoms with Crippen molar-refractivity contribution in [2.75, 3.05) is 24.3 Å². The van der Waals surface area contributed by atoms with Crippen LogP contribution in [0.5, 0.6) is 0 Å². The lowest BCUT2D eigenvalue weighted by Gasteiger charge is -2.14. The van der Waals surface area contributed by atoms with Crippen molar-refractivity contribution in [2.45, 2.75) is 0 Å². The lowest BCUT2D eigenvalue weighted by atomic mass is 10.0. The molecule has 0 fully saturated rings. The van der Waals surface area contributed by atoms with Crippen molar-refractivity contribution in [1.82, 2.24) is 25.1 Å². The molecule has 0 aliphatic rings. The van der Waals surface area contributed by atoms with E-state index in [1.807, 2.05) is 55.6 Å². The van der Waals surface area contributed by atoms with E-state index < -0.39 is 0 Å². The highest BCUT2D eigenvalue weighted by atomic mass is 32.1. The predicted octanol–water partition coefficient (Wildman–Crippen LogP) is 4.53. The maximum atomic E-state index is 12.9. The van der Waals surface area contributed by atoms with E-state index in [1.54, 1.807) is 31.0 Å². The molecule has 5 aromatic rings. The number of nitrogens with zero attached hydrogens (tertiary/aromatic N) is 6. The van der Waals surface area contributed by atoms with Gasteiger partial charge >= 0.3 is 0 Å². The third-order valence-corrected chi connectivity index (χ3v) is 6.00. The molecule has 0 unspecified atom stereocenters. The Morgan fingerprint density at radius 2 is 1.85 bits per heavy atom. The molecule has 8 nitrogen and oxygen atoms in total. The van der Waals surface area contributed by atoms with Gasteiger partial charge in [-0.3, -0.25) is 14.7 Å². The first-order chi connectivity index (χ1) is 16.1. The zero-order valence-corrected chi connectivity index (χ0v) is 18.7. The Hall–Kier alpha value is -4.24. The molecule has 0 aliphatic heterocycles. The molecule has 0 aliphatic carbocycles. The van der Waals surface area contributed by atoms with Gasteiger partial charge in [-0.05, 0) is 47.5 Å². The minimum absolute atomic E-state index is 0.144. The second-order valence-corrected chi connectivity index (χ2v) is 8.10. The summed E-state index contributed by atoms with van der Waals surface area (Å²) in [5.74, 6) is 1.19. The fourth-order valence-corrected chi connectivity index (χ4v) is 4.07. The normalized spacial score (nSPS) is 10.8. The molecule has 162 valence electrons. The van der Waals surface area contributed by atoms with Crippen LogP contribution in [-0.2, 0) is 0 Å². The molecular weight excluding hydrogens is 434 g/mol. The molecule has 9 heteroatoms. The summed E-state index contributed by atoms with van der Waals surface area (Å²) in [4.78, 5) is 28.0. The minimum atomic E-state index is -0.144. The standard InChI is InChI=1S/C24H19N7OS/c1-25-22-19-12-16(8-9-20(19)28-21(29-22)18-7-4-10-26-13-18)15-5-3-6-17(11-15)23(32)31(2)24-30-27-14-33-24/h3-14H,1-2H3,(H,25,28,29). The van der Waals surface area contributed by atoms with E-state index in [0.717, 1.165) is 33.4 Å². The fraction of sp³-hybridized carbons (Fsp3) is 0.0833. The van der Waals surface area contributed by atoms with Crippen molar-refractivity contribution in [2.24, 2.45) is 0 Å². The van der Waals surface area contributed by atoms with Gasteiger partial charge in [0, 0.05) is 43.0 Å². The van der Waals surface area contributed by atoms with Crippen LogP contribution in [-0.4, -0.2) is 45.2 Å². The summed E-state index contributed by atoms with van der Waals surface area (Å²) in [6, 6.07) is 17.3. The van der Waals surface area contributed by atoms with Crippen molar-refractivity contribution in [3.8, 4) is 22.5 Å². The number of nitrogens with one attached hydrogen (secondary N) is 1. The van der Waals surface area contributed by atoms with Crippen LogP contribution >= 0.6 is 11.3 Å². The maximum absolute atomic E-state index is 12.9. The summed E-state index contributed by atoms with van der Waals surface area (Å²) >= 11 is 1.32. The Morgan fingerprint density at radius 3 is 2.61 bits per heavy atom. The van der Waals surface area contributed by atoms with Crippen LogP contribution in [0.25, 0.3) is 33.4 Å². The van der Waals surface area contributed by atoms with Gasteiger partial charge in [0.25, 0.3) is 5.91 Å². The molecule has 0 bridgehead atoms. The Morgan fingerprint density at radius 1 is 1.00 bits per heavy atom. The zero-order valence-electron chi connectivity index (χ0n) is 17.9. The topological polar surface area (TPSA) is 96.8 Å². The van der Waals surface area contributed by atoms with Gasteiger partial charge < -0.3 is 5.32 Å². The van der Waals surface area contributed by atoms with Crippen LogP contribution < -0.4 is 10.2 Å². The van der Waals surface area contributed by atoms with E-state index in [4.69, 9.17) is 4.98 Å². The van der Waals surface area contributed by atoms with E-state index in [9.17, 15) is 4.79 Å². The molecule has 0 spiro atoms. The summed E-state index contributed by atoms with van der Waals surface area (Å²) in [6.07, 6.45) is 3.47. The van der Waals surface area contributed by atoms with Crippen LogP contribution in [0.2, 0.25) is 0 Å². The van der Waals surface area contributed by atoms with Crippen LogP contribution in [0.3, 0.4) is 0 Å². The molecule has 0 radical (unpaired) electrons. The second-order valence-electron chi connectivity index (χ2n) is 7.29. The predicted molar refractivity (Wildman–Crippen MR) is 130 cm³/mol. The van der Waals surface area contributed by atoms with Crippen molar-refractivity contribution in [3.05, 3.63) is 78.1 Å². The van der Waals surface area contributed by atoms with E-state index in [2.05, 4.69) is 25.5 Å². The monoisotopic (exact) mass is 453 g/mol. The number of fused-ring (bicyclic) bond motifs is 1. The summed E-state index contributed by atoms with van der Waals surface area (Å²) in [7, 11) is 3.53. The van der Waals surface area contributed by atoms with Crippen molar-refractivity contribution in [3.63, 3.8) is 0 Å². The van der Waals surface area contributed by atoms with E-state index in [-0.39, 0.29) is 5.91 Å². The second kappa shape index (κ2) is 8.71. The SMILES string of the molecule is CNc1nc(-c2cccnc2)nc2ccc(-c3cccc(C(=O)N(C)c4nncs4)c3)cc12. The molecule has 2 aromatic carbocycles. The van der Waals surface area contributed by atoms with Crippen LogP contribution in [0.15, 0.2) is 72.5 Å². The number of aromatic nitrogens is 5. The van der Waals surface area contributed by atoms with Gasteiger partial charge in [0.1, 0.15) is 11.3 Å². The number of rotatable bonds is 5. The molecule has 0 saturated carbocycles. The molecule has 1 N–H and O–H groups in total. The van der Waals surface area contributed by atoms with Gasteiger partial charge in [0.15, 0.2) is 5.82 Å². The lowest BCUT2D eigenvalue weighted by molar-refractivity contribution is 0.0993. The van der Waals surface area contributed by atoms with Crippen molar-refractivity contribution < 1.29 is 4.79 Å². The Labute approximate surface area is 194 Å². The van der Waals surface area contributed by atoms with Gasteiger partial charge in [-0.2, -0.15) is 0 Å². The number of pyridine rings is 1. The van der Waals surface area contributed by atoms with E-state index >= 15 is 0 Å². The highest BCUT2D eigenvalue weighted by molar-refractivity contribution is 7.13. The Bertz CT molecular complexity index is 1440. The van der Waals surface area contributed by atoms with Crippen LogP contribution in [0, 0.1) is 0 Å². The number of anilines is 2. The quantitative estimate of drug-likeness (QED) is 0.418. The highest BCUT2D eigenvalue weighted by Gasteiger charge is 2.17. The summed E-state index contributed by atoms with van der Waals surface area (Å²) in [5.41, 5.74) is 5.73. The first-order valence-electron chi connectivity index (χ1n) is 10.2. The van der Waals surface area contributed by atoms with Crippen LogP contribution in [0.4, 0.5) is 10.9 Å². The number of carbonyl (C=O) groups excluding carboxylic acids is 1. The average molecular weight is 454 g/mol. The number of amides is 1. The smallest absolute Gasteiger partial charge is 0.259 e. The average Bonchev–Trinajstić information content (AvgIpc) is 3.42. The number of carbonyl (C=O) groups is 1. The molecular formula is C24H19N7OS.